The fourth-order valence-electron chi connectivity index (χ4n) is 2.14. The van der Waals surface area contributed by atoms with Crippen molar-refractivity contribution in [1.29, 1.82) is 0 Å². The molecular weight excluding hydrogens is 318 g/mol. The second kappa shape index (κ2) is 7.61. The summed E-state index contributed by atoms with van der Waals surface area (Å²) < 4.78 is 0. The van der Waals surface area contributed by atoms with Crippen molar-refractivity contribution in [2.24, 2.45) is 0 Å². The van der Waals surface area contributed by atoms with Crippen LogP contribution in [-0.4, -0.2) is 23.0 Å². The topological polar surface area (TPSA) is 45.2 Å². The van der Waals surface area contributed by atoms with Gasteiger partial charge >= 0.3 is 6.03 Å². The highest BCUT2D eigenvalue weighted by Crippen LogP contribution is 2.20. The first-order valence-corrected chi connectivity index (χ1v) is 8.43. The number of hydrogen-bond donors (Lipinski definition) is 1. The molecule has 6 heteroatoms. The van der Waals surface area contributed by atoms with E-state index in [-0.39, 0.29) is 12.1 Å². The van der Waals surface area contributed by atoms with Crippen LogP contribution in [0, 0.1) is 6.92 Å². The maximum Gasteiger partial charge on any atom is 0.317 e. The highest BCUT2D eigenvalue weighted by Gasteiger charge is 2.17. The molecule has 0 fully saturated rings. The van der Waals surface area contributed by atoms with E-state index < -0.39 is 0 Å². The van der Waals surface area contributed by atoms with Crippen molar-refractivity contribution in [3.8, 4) is 0 Å². The predicted octanol–water partition coefficient (Wildman–Crippen LogP) is 4.40. The average Bonchev–Trinajstić information content (AvgIpc) is 2.90. The standard InChI is InChI=1S/C16H20ClN3OS/c1-4-14(12-5-7-13(17)8-6-12)19-16(21)20(3)9-15-11(2)18-10-22-15/h5-8,10,14H,4,9H2,1-3H3,(H,19,21)/t14-/m1/s1. The number of aryl methyl sites for hydroxylation is 1. The highest BCUT2D eigenvalue weighted by atomic mass is 35.5. The van der Waals surface area contributed by atoms with E-state index in [1.807, 2.05) is 38.1 Å². The zero-order chi connectivity index (χ0) is 16.1. The van der Waals surface area contributed by atoms with Crippen LogP contribution in [0.25, 0.3) is 0 Å². The maximum atomic E-state index is 12.4. The van der Waals surface area contributed by atoms with Crippen LogP contribution in [0.5, 0.6) is 0 Å². The molecule has 0 aliphatic heterocycles. The predicted molar refractivity (Wildman–Crippen MR) is 91.3 cm³/mol. The fourth-order valence-corrected chi connectivity index (χ4v) is 3.10. The van der Waals surface area contributed by atoms with E-state index in [1.54, 1.807) is 28.8 Å². The molecule has 1 aromatic heterocycles. The van der Waals surface area contributed by atoms with Gasteiger partial charge in [0.25, 0.3) is 0 Å². The first-order valence-electron chi connectivity index (χ1n) is 7.17. The Kier molecular flexibility index (Phi) is 5.80. The zero-order valence-corrected chi connectivity index (χ0v) is 14.5. The first kappa shape index (κ1) is 16.8. The van der Waals surface area contributed by atoms with E-state index in [4.69, 9.17) is 11.6 Å². The van der Waals surface area contributed by atoms with Gasteiger partial charge in [0.2, 0.25) is 0 Å². The summed E-state index contributed by atoms with van der Waals surface area (Å²) in [4.78, 5) is 19.4. The molecule has 0 aliphatic rings. The number of urea groups is 1. The van der Waals surface area contributed by atoms with Crippen LogP contribution in [0.4, 0.5) is 4.79 Å². The number of rotatable bonds is 5. The van der Waals surface area contributed by atoms with E-state index in [0.29, 0.717) is 11.6 Å². The summed E-state index contributed by atoms with van der Waals surface area (Å²) in [5.74, 6) is 0. The quantitative estimate of drug-likeness (QED) is 0.879. The maximum absolute atomic E-state index is 12.4. The summed E-state index contributed by atoms with van der Waals surface area (Å²) in [5, 5.41) is 3.76. The van der Waals surface area contributed by atoms with E-state index in [9.17, 15) is 4.79 Å². The minimum absolute atomic E-state index is 0.0187. The van der Waals surface area contributed by atoms with E-state index in [1.165, 1.54) is 0 Å². The molecule has 1 N–H and O–H groups in total. The van der Waals surface area contributed by atoms with E-state index in [2.05, 4.69) is 10.3 Å². The van der Waals surface area contributed by atoms with Gasteiger partial charge in [-0.2, -0.15) is 0 Å². The van der Waals surface area contributed by atoms with Gasteiger partial charge in [0.1, 0.15) is 0 Å². The normalized spacial score (nSPS) is 12.0. The number of nitrogens with zero attached hydrogens (tertiary/aromatic N) is 2. The summed E-state index contributed by atoms with van der Waals surface area (Å²) in [7, 11) is 1.79. The Bertz CT molecular complexity index is 627. The SMILES string of the molecule is CC[C@@H](NC(=O)N(C)Cc1scnc1C)c1ccc(Cl)cc1. The average molecular weight is 338 g/mol. The number of hydrogen-bond acceptors (Lipinski definition) is 3. The lowest BCUT2D eigenvalue weighted by atomic mass is 10.1. The van der Waals surface area contributed by atoms with Crippen molar-refractivity contribution in [2.75, 3.05) is 7.05 Å². The Morgan fingerprint density at radius 1 is 1.41 bits per heavy atom. The van der Waals surface area contributed by atoms with E-state index in [0.717, 1.165) is 22.6 Å². The third-order valence-electron chi connectivity index (χ3n) is 3.55. The lowest BCUT2D eigenvalue weighted by molar-refractivity contribution is 0.202. The molecule has 22 heavy (non-hydrogen) atoms. The van der Waals surface area contributed by atoms with E-state index >= 15 is 0 Å². The van der Waals surface area contributed by atoms with Crippen molar-refractivity contribution in [3.05, 3.63) is 50.9 Å². The Labute approximate surface area is 140 Å². The monoisotopic (exact) mass is 337 g/mol. The molecule has 1 atom stereocenters. The van der Waals surface area contributed by atoms with Crippen LogP contribution in [0.1, 0.15) is 35.5 Å². The Balaban J connectivity index is 1.99. The van der Waals surface area contributed by atoms with Gasteiger partial charge < -0.3 is 10.2 Å². The second-order valence-corrected chi connectivity index (χ2v) is 6.55. The first-order chi connectivity index (χ1) is 10.5. The molecule has 0 saturated carbocycles. The number of thiazole rings is 1. The molecule has 2 amide bonds. The largest absolute Gasteiger partial charge is 0.331 e. The zero-order valence-electron chi connectivity index (χ0n) is 13.0. The molecule has 0 radical (unpaired) electrons. The number of amides is 2. The summed E-state index contributed by atoms with van der Waals surface area (Å²) in [6.07, 6.45) is 0.820. The minimum Gasteiger partial charge on any atom is -0.331 e. The van der Waals surface area contributed by atoms with Crippen LogP contribution < -0.4 is 5.32 Å². The molecule has 2 rings (SSSR count). The summed E-state index contributed by atoms with van der Waals surface area (Å²) in [6, 6.07) is 7.48. The molecule has 118 valence electrons. The Morgan fingerprint density at radius 2 is 2.09 bits per heavy atom. The fraction of sp³-hybridized carbons (Fsp3) is 0.375. The van der Waals surface area contributed by atoms with Gasteiger partial charge in [-0.05, 0) is 31.0 Å². The molecule has 0 unspecified atom stereocenters. The van der Waals surface area contributed by atoms with Gasteiger partial charge in [0, 0.05) is 16.9 Å². The van der Waals surface area contributed by atoms with Crippen molar-refractivity contribution >= 4 is 29.0 Å². The van der Waals surface area contributed by atoms with Crippen molar-refractivity contribution in [3.63, 3.8) is 0 Å². The Hall–Kier alpha value is -1.59. The molecular formula is C16H20ClN3OS. The lowest BCUT2D eigenvalue weighted by Gasteiger charge is -2.23. The number of aromatic nitrogens is 1. The van der Waals surface area contributed by atoms with Crippen LogP contribution in [-0.2, 0) is 6.54 Å². The summed E-state index contributed by atoms with van der Waals surface area (Å²) >= 11 is 7.48. The van der Waals surface area contributed by atoms with Gasteiger partial charge in [0.05, 0.1) is 23.8 Å². The molecule has 0 spiro atoms. The van der Waals surface area contributed by atoms with Crippen LogP contribution in [0.2, 0.25) is 5.02 Å². The highest BCUT2D eigenvalue weighted by molar-refractivity contribution is 7.09. The van der Waals surface area contributed by atoms with Gasteiger partial charge in [-0.25, -0.2) is 9.78 Å². The van der Waals surface area contributed by atoms with Crippen LogP contribution in [0.3, 0.4) is 0 Å². The molecule has 2 aromatic rings. The number of carbonyl (C=O) groups excluding carboxylic acids is 1. The van der Waals surface area contributed by atoms with Crippen LogP contribution in [0.15, 0.2) is 29.8 Å². The number of benzene rings is 1. The number of nitrogens with one attached hydrogen (secondary N) is 1. The summed E-state index contributed by atoms with van der Waals surface area (Å²) in [5.41, 5.74) is 3.84. The second-order valence-electron chi connectivity index (χ2n) is 5.18. The van der Waals surface area contributed by atoms with Gasteiger partial charge in [0.15, 0.2) is 0 Å². The van der Waals surface area contributed by atoms with Crippen LogP contribution >= 0.6 is 22.9 Å². The smallest absolute Gasteiger partial charge is 0.317 e. The van der Waals surface area contributed by atoms with Gasteiger partial charge in [-0.3, -0.25) is 0 Å². The third-order valence-corrected chi connectivity index (χ3v) is 4.72. The Morgan fingerprint density at radius 3 is 2.64 bits per heavy atom. The number of carbonyl (C=O) groups is 1. The summed E-state index contributed by atoms with van der Waals surface area (Å²) in [6.45, 7) is 4.58. The molecule has 0 bridgehead atoms. The molecule has 1 heterocycles. The molecule has 0 saturated heterocycles. The minimum atomic E-state index is -0.0883. The van der Waals surface area contributed by atoms with Crippen molar-refractivity contribution in [2.45, 2.75) is 32.9 Å². The lowest BCUT2D eigenvalue weighted by Crippen LogP contribution is -2.38. The van der Waals surface area contributed by atoms with Gasteiger partial charge in [-0.1, -0.05) is 30.7 Å². The van der Waals surface area contributed by atoms with Gasteiger partial charge in [-0.15, -0.1) is 11.3 Å². The third kappa shape index (κ3) is 4.21. The molecule has 0 aliphatic carbocycles. The van der Waals surface area contributed by atoms with Crippen molar-refractivity contribution in [1.82, 2.24) is 15.2 Å². The van der Waals surface area contributed by atoms with Crippen molar-refractivity contribution < 1.29 is 4.79 Å². The molecule has 1 aromatic carbocycles. The molecule has 4 nitrogen and oxygen atoms in total. The number of halogens is 1.